The zero-order chi connectivity index (χ0) is 12.8. The predicted molar refractivity (Wildman–Crippen MR) is 73.3 cm³/mol. The molecule has 0 radical (unpaired) electrons. The molecule has 1 saturated heterocycles. The third-order valence-electron chi connectivity index (χ3n) is 3.09. The van der Waals surface area contributed by atoms with Crippen LogP contribution in [0, 0.1) is 0 Å². The van der Waals surface area contributed by atoms with Gasteiger partial charge < -0.3 is 10.2 Å². The van der Waals surface area contributed by atoms with Gasteiger partial charge in [-0.15, -0.1) is 0 Å². The maximum Gasteiger partial charge on any atom is 0.238 e. The van der Waals surface area contributed by atoms with Crippen molar-refractivity contribution >= 4 is 11.6 Å². The minimum atomic E-state index is 0.0493. The molecule has 1 N–H and O–H groups in total. The maximum atomic E-state index is 11.8. The summed E-state index contributed by atoms with van der Waals surface area (Å²) in [5.74, 6) is 0.0493. The Morgan fingerprint density at radius 2 is 1.89 bits per heavy atom. The second-order valence-corrected chi connectivity index (χ2v) is 4.41. The summed E-state index contributed by atoms with van der Waals surface area (Å²) in [7, 11) is 0. The number of hydrogen-bond donors (Lipinski definition) is 1. The van der Waals surface area contributed by atoms with Crippen LogP contribution >= 0.6 is 0 Å². The van der Waals surface area contributed by atoms with Crippen molar-refractivity contribution < 1.29 is 4.79 Å². The molecular weight excluding hydrogens is 226 g/mol. The van der Waals surface area contributed by atoms with E-state index in [1.165, 1.54) is 0 Å². The van der Waals surface area contributed by atoms with E-state index in [1.807, 2.05) is 36.5 Å². The smallest absolute Gasteiger partial charge is 0.238 e. The van der Waals surface area contributed by atoms with Crippen molar-refractivity contribution in [3.63, 3.8) is 0 Å². The molecule has 1 aromatic rings. The van der Waals surface area contributed by atoms with Gasteiger partial charge in [-0.3, -0.25) is 9.69 Å². The first-order valence-corrected chi connectivity index (χ1v) is 6.22. The average Bonchev–Trinajstić information content (AvgIpc) is 2.40. The Bertz CT molecular complexity index is 397. The molecule has 4 nitrogen and oxygen atoms in total. The standard InChI is InChI=1S/C14H19N3O/c1-2-16-8-10-17(11-9-16)12-14(18)15-13-6-4-3-5-7-13/h2-7H,1,8-12H2,(H,15,18). The molecule has 4 heteroatoms. The molecule has 2 rings (SSSR count). The molecule has 18 heavy (non-hydrogen) atoms. The fourth-order valence-electron chi connectivity index (χ4n) is 2.03. The number of hydrogen-bond acceptors (Lipinski definition) is 3. The van der Waals surface area contributed by atoms with Gasteiger partial charge in [0.2, 0.25) is 5.91 Å². The third kappa shape index (κ3) is 3.60. The number of rotatable bonds is 4. The number of anilines is 1. The quantitative estimate of drug-likeness (QED) is 0.870. The highest BCUT2D eigenvalue weighted by atomic mass is 16.2. The second kappa shape index (κ2) is 6.21. The van der Waals surface area contributed by atoms with Crippen LogP contribution in [0.15, 0.2) is 43.1 Å². The molecule has 1 aliphatic rings. The summed E-state index contributed by atoms with van der Waals surface area (Å²) < 4.78 is 0. The van der Waals surface area contributed by atoms with E-state index in [0.717, 1.165) is 31.9 Å². The Balaban J connectivity index is 1.77. The summed E-state index contributed by atoms with van der Waals surface area (Å²) in [6, 6.07) is 9.56. The van der Waals surface area contributed by atoms with Gasteiger partial charge in [-0.2, -0.15) is 0 Å². The van der Waals surface area contributed by atoms with Gasteiger partial charge in [0.25, 0.3) is 0 Å². The van der Waals surface area contributed by atoms with E-state index >= 15 is 0 Å². The van der Waals surface area contributed by atoms with Crippen molar-refractivity contribution in [2.45, 2.75) is 0 Å². The van der Waals surface area contributed by atoms with Crippen molar-refractivity contribution in [3.8, 4) is 0 Å². The Kier molecular flexibility index (Phi) is 4.36. The highest BCUT2D eigenvalue weighted by Gasteiger charge is 2.16. The number of nitrogens with zero attached hydrogens (tertiary/aromatic N) is 2. The van der Waals surface area contributed by atoms with Crippen LogP contribution in [0.5, 0.6) is 0 Å². The SMILES string of the molecule is C=CN1CCN(CC(=O)Nc2ccccc2)CC1. The van der Waals surface area contributed by atoms with Crippen LogP contribution in [0.25, 0.3) is 0 Å². The number of carbonyl (C=O) groups is 1. The minimum Gasteiger partial charge on any atom is -0.375 e. The highest BCUT2D eigenvalue weighted by Crippen LogP contribution is 2.06. The van der Waals surface area contributed by atoms with Crippen LogP contribution in [0.1, 0.15) is 0 Å². The van der Waals surface area contributed by atoms with Crippen molar-refractivity contribution in [2.24, 2.45) is 0 Å². The van der Waals surface area contributed by atoms with E-state index in [1.54, 1.807) is 0 Å². The molecule has 1 aliphatic heterocycles. The van der Waals surface area contributed by atoms with Crippen LogP contribution in [-0.4, -0.2) is 48.4 Å². The van der Waals surface area contributed by atoms with Crippen molar-refractivity contribution in [1.29, 1.82) is 0 Å². The lowest BCUT2D eigenvalue weighted by molar-refractivity contribution is -0.117. The first kappa shape index (κ1) is 12.6. The minimum absolute atomic E-state index is 0.0493. The van der Waals surface area contributed by atoms with Gasteiger partial charge >= 0.3 is 0 Å². The lowest BCUT2D eigenvalue weighted by Gasteiger charge is -2.33. The summed E-state index contributed by atoms with van der Waals surface area (Å²) in [5.41, 5.74) is 0.854. The first-order chi connectivity index (χ1) is 8.78. The molecule has 0 aliphatic carbocycles. The Hall–Kier alpha value is -1.81. The molecule has 1 aromatic carbocycles. The number of para-hydroxylation sites is 1. The molecule has 1 fully saturated rings. The van der Waals surface area contributed by atoms with Crippen molar-refractivity contribution in [3.05, 3.63) is 43.1 Å². The van der Waals surface area contributed by atoms with Crippen LogP contribution in [0.3, 0.4) is 0 Å². The van der Waals surface area contributed by atoms with Gasteiger partial charge in [-0.1, -0.05) is 24.8 Å². The molecule has 1 heterocycles. The first-order valence-electron chi connectivity index (χ1n) is 6.22. The van der Waals surface area contributed by atoms with E-state index in [9.17, 15) is 4.79 Å². The largest absolute Gasteiger partial charge is 0.375 e. The molecule has 96 valence electrons. The molecule has 0 unspecified atom stereocenters. The van der Waals surface area contributed by atoms with Crippen LogP contribution < -0.4 is 5.32 Å². The van der Waals surface area contributed by atoms with E-state index in [-0.39, 0.29) is 5.91 Å². The van der Waals surface area contributed by atoms with E-state index in [0.29, 0.717) is 6.54 Å². The number of nitrogens with one attached hydrogen (secondary N) is 1. The average molecular weight is 245 g/mol. The molecule has 1 amide bonds. The Morgan fingerprint density at radius 3 is 2.50 bits per heavy atom. The van der Waals surface area contributed by atoms with Crippen LogP contribution in [-0.2, 0) is 4.79 Å². The maximum absolute atomic E-state index is 11.8. The van der Waals surface area contributed by atoms with E-state index < -0.39 is 0 Å². The molecule has 0 spiro atoms. The Labute approximate surface area is 108 Å². The van der Waals surface area contributed by atoms with Gasteiger partial charge in [0.1, 0.15) is 0 Å². The van der Waals surface area contributed by atoms with Gasteiger partial charge in [0.15, 0.2) is 0 Å². The molecule has 0 atom stereocenters. The Morgan fingerprint density at radius 1 is 1.22 bits per heavy atom. The summed E-state index contributed by atoms with van der Waals surface area (Å²) in [6.45, 7) is 7.93. The van der Waals surface area contributed by atoms with Gasteiger partial charge in [0.05, 0.1) is 6.54 Å². The monoisotopic (exact) mass is 245 g/mol. The molecular formula is C14H19N3O. The van der Waals surface area contributed by atoms with E-state index in [2.05, 4.69) is 21.7 Å². The summed E-state index contributed by atoms with van der Waals surface area (Å²) in [6.07, 6.45) is 1.86. The zero-order valence-corrected chi connectivity index (χ0v) is 10.5. The summed E-state index contributed by atoms with van der Waals surface area (Å²) in [5, 5.41) is 2.90. The topological polar surface area (TPSA) is 35.6 Å². The lowest BCUT2D eigenvalue weighted by Crippen LogP contribution is -2.46. The molecule has 0 saturated carbocycles. The van der Waals surface area contributed by atoms with Gasteiger partial charge in [0, 0.05) is 31.9 Å². The molecule has 0 bridgehead atoms. The third-order valence-corrected chi connectivity index (χ3v) is 3.09. The van der Waals surface area contributed by atoms with Crippen molar-refractivity contribution in [1.82, 2.24) is 9.80 Å². The van der Waals surface area contributed by atoms with Gasteiger partial charge in [-0.05, 0) is 18.3 Å². The van der Waals surface area contributed by atoms with E-state index in [4.69, 9.17) is 0 Å². The summed E-state index contributed by atoms with van der Waals surface area (Å²) >= 11 is 0. The predicted octanol–water partition coefficient (Wildman–Crippen LogP) is 1.39. The zero-order valence-electron chi connectivity index (χ0n) is 10.5. The lowest BCUT2D eigenvalue weighted by atomic mass is 10.3. The van der Waals surface area contributed by atoms with Crippen LogP contribution in [0.4, 0.5) is 5.69 Å². The normalized spacial score (nSPS) is 16.3. The fraction of sp³-hybridized carbons (Fsp3) is 0.357. The van der Waals surface area contributed by atoms with Gasteiger partial charge in [-0.25, -0.2) is 0 Å². The number of amides is 1. The number of carbonyl (C=O) groups excluding carboxylic acids is 1. The molecule has 0 aromatic heterocycles. The number of piperazine rings is 1. The summed E-state index contributed by atoms with van der Waals surface area (Å²) in [4.78, 5) is 16.2. The number of benzene rings is 1. The van der Waals surface area contributed by atoms with Crippen molar-refractivity contribution in [2.75, 3.05) is 38.0 Å². The fourth-order valence-corrected chi connectivity index (χ4v) is 2.03. The highest BCUT2D eigenvalue weighted by molar-refractivity contribution is 5.92. The van der Waals surface area contributed by atoms with Crippen LogP contribution in [0.2, 0.25) is 0 Å². The second-order valence-electron chi connectivity index (χ2n) is 4.41.